The smallest absolute Gasteiger partial charge is 0.217 e. The van der Waals surface area contributed by atoms with Crippen LogP contribution >= 0.6 is 15.9 Å². The number of benzene rings is 1. The molecule has 0 saturated carbocycles. The summed E-state index contributed by atoms with van der Waals surface area (Å²) < 4.78 is 28.1. The molecule has 0 N–H and O–H groups in total. The van der Waals surface area contributed by atoms with Crippen LogP contribution in [0.2, 0.25) is 0 Å². The van der Waals surface area contributed by atoms with Crippen molar-refractivity contribution in [3.05, 3.63) is 17.7 Å². The molecule has 0 saturated heterocycles. The van der Waals surface area contributed by atoms with Crippen LogP contribution < -0.4 is 14.2 Å². The van der Waals surface area contributed by atoms with Gasteiger partial charge in [-0.05, 0) is 28.1 Å². The Morgan fingerprint density at radius 3 is 1.94 bits per heavy atom. The Balaban J connectivity index is 3.32. The lowest BCUT2D eigenvalue weighted by Crippen LogP contribution is -2.09. The van der Waals surface area contributed by atoms with Gasteiger partial charge in [0, 0.05) is 5.56 Å². The molecule has 0 aliphatic carbocycles. The Labute approximate surface area is 107 Å². The van der Waals surface area contributed by atoms with Crippen molar-refractivity contribution in [2.24, 2.45) is 0 Å². The van der Waals surface area contributed by atoms with Gasteiger partial charge in [-0.1, -0.05) is 0 Å². The minimum absolute atomic E-state index is 0.142. The predicted molar refractivity (Wildman–Crippen MR) is 64.3 cm³/mol. The second kappa shape index (κ2) is 5.86. The zero-order valence-electron chi connectivity index (χ0n) is 9.62. The highest BCUT2D eigenvalue weighted by atomic mass is 79.9. The highest BCUT2D eigenvalue weighted by Crippen LogP contribution is 2.38. The van der Waals surface area contributed by atoms with E-state index in [9.17, 15) is 9.18 Å². The topological polar surface area (TPSA) is 44.8 Å². The lowest BCUT2D eigenvalue weighted by molar-refractivity contribution is 0.0942. The van der Waals surface area contributed by atoms with E-state index >= 15 is 0 Å². The van der Waals surface area contributed by atoms with E-state index < -0.39 is 10.9 Å². The van der Waals surface area contributed by atoms with Crippen LogP contribution in [0.25, 0.3) is 0 Å². The first-order chi connectivity index (χ1) is 8.04. The number of hydrogen-bond donors (Lipinski definition) is 0. The number of hydrogen-bond acceptors (Lipinski definition) is 4. The monoisotopic (exact) mass is 306 g/mol. The molecule has 0 spiro atoms. The van der Waals surface area contributed by atoms with E-state index in [4.69, 9.17) is 14.2 Å². The summed E-state index contributed by atoms with van der Waals surface area (Å²) in [6.45, 7) is 0. The van der Waals surface area contributed by atoms with E-state index in [-0.39, 0.29) is 5.56 Å². The number of carbonyl (C=O) groups is 1. The molecule has 6 heteroatoms. The fourth-order valence-electron chi connectivity index (χ4n) is 1.35. The molecule has 1 aromatic rings. The standard InChI is InChI=1S/C11H12BrFO4/c1-15-7-4-6(9(14)11(12)13)5-8(16-2)10(7)17-3/h4-5,11H,1-3H3. The Bertz CT molecular complexity index is 395. The van der Waals surface area contributed by atoms with E-state index in [1.54, 1.807) is 0 Å². The van der Waals surface area contributed by atoms with Gasteiger partial charge < -0.3 is 14.2 Å². The molecule has 17 heavy (non-hydrogen) atoms. The summed E-state index contributed by atoms with van der Waals surface area (Å²) in [6, 6.07) is 2.80. The number of Topliss-reactive ketones (excluding diaryl/α,β-unsaturated/α-hetero) is 1. The van der Waals surface area contributed by atoms with Crippen molar-refractivity contribution < 1.29 is 23.4 Å². The molecule has 0 radical (unpaired) electrons. The highest BCUT2D eigenvalue weighted by molar-refractivity contribution is 9.09. The molecule has 0 fully saturated rings. The molecule has 0 aromatic heterocycles. The minimum atomic E-state index is -1.76. The van der Waals surface area contributed by atoms with E-state index in [0.29, 0.717) is 17.2 Å². The van der Waals surface area contributed by atoms with Crippen LogP contribution in [0, 0.1) is 0 Å². The van der Waals surface area contributed by atoms with E-state index in [0.717, 1.165) is 0 Å². The quantitative estimate of drug-likeness (QED) is 0.619. The van der Waals surface area contributed by atoms with Gasteiger partial charge in [0.2, 0.25) is 16.6 Å². The van der Waals surface area contributed by atoms with Gasteiger partial charge in [0.1, 0.15) is 0 Å². The van der Waals surface area contributed by atoms with Crippen LogP contribution in [0.5, 0.6) is 17.2 Å². The summed E-state index contributed by atoms with van der Waals surface area (Å²) in [7, 11) is 4.30. The van der Waals surface area contributed by atoms with Gasteiger partial charge in [-0.3, -0.25) is 4.79 Å². The van der Waals surface area contributed by atoms with Gasteiger partial charge >= 0.3 is 0 Å². The van der Waals surface area contributed by atoms with Gasteiger partial charge in [-0.2, -0.15) is 0 Å². The summed E-state index contributed by atoms with van der Waals surface area (Å²) >= 11 is 2.58. The molecule has 0 aliphatic heterocycles. The van der Waals surface area contributed by atoms with Gasteiger partial charge in [0.05, 0.1) is 21.3 Å². The van der Waals surface area contributed by atoms with Crippen molar-refractivity contribution in [3.8, 4) is 17.2 Å². The van der Waals surface area contributed by atoms with Crippen LogP contribution in [0.1, 0.15) is 10.4 Å². The molecule has 0 amide bonds. The highest BCUT2D eigenvalue weighted by Gasteiger charge is 2.21. The zero-order chi connectivity index (χ0) is 13.0. The molecule has 1 rings (SSSR count). The fourth-order valence-corrected chi connectivity index (χ4v) is 1.61. The minimum Gasteiger partial charge on any atom is -0.493 e. The molecular weight excluding hydrogens is 295 g/mol. The number of rotatable bonds is 5. The number of halogens is 2. The van der Waals surface area contributed by atoms with Gasteiger partial charge in [-0.25, -0.2) is 4.39 Å². The molecule has 4 nitrogen and oxygen atoms in total. The van der Waals surface area contributed by atoms with Crippen molar-refractivity contribution in [3.63, 3.8) is 0 Å². The lowest BCUT2D eigenvalue weighted by Gasteiger charge is -2.13. The number of methoxy groups -OCH3 is 3. The molecule has 1 aromatic carbocycles. The van der Waals surface area contributed by atoms with Gasteiger partial charge in [0.25, 0.3) is 0 Å². The van der Waals surface area contributed by atoms with Crippen molar-refractivity contribution in [2.45, 2.75) is 5.08 Å². The number of ketones is 1. The van der Waals surface area contributed by atoms with Crippen molar-refractivity contribution >= 4 is 21.7 Å². The van der Waals surface area contributed by atoms with E-state index in [1.807, 2.05) is 0 Å². The summed E-state index contributed by atoms with van der Waals surface area (Å²) in [5, 5.41) is -1.76. The molecule has 1 atom stereocenters. The SMILES string of the molecule is COc1cc(C(=O)C(F)Br)cc(OC)c1OC. The third kappa shape index (κ3) is 2.88. The largest absolute Gasteiger partial charge is 0.493 e. The summed E-state index contributed by atoms with van der Waals surface area (Å²) in [4.78, 5) is 11.5. The maximum atomic E-state index is 12.9. The molecule has 0 aliphatic rings. The zero-order valence-corrected chi connectivity index (χ0v) is 11.2. The summed E-state index contributed by atoms with van der Waals surface area (Å²) in [5.41, 5.74) is 0.142. The Hall–Kier alpha value is -1.30. The second-order valence-corrected chi connectivity index (χ2v) is 3.88. The number of alkyl halides is 2. The normalized spacial score (nSPS) is 11.8. The molecule has 1 unspecified atom stereocenters. The third-order valence-corrected chi connectivity index (χ3v) is 2.56. The van der Waals surface area contributed by atoms with Crippen LogP contribution in [0.15, 0.2) is 12.1 Å². The van der Waals surface area contributed by atoms with Gasteiger partial charge in [-0.15, -0.1) is 0 Å². The molecule has 94 valence electrons. The molecular formula is C11H12BrFO4. The average molecular weight is 307 g/mol. The first kappa shape index (κ1) is 13.8. The number of carbonyl (C=O) groups excluding carboxylic acids is 1. The van der Waals surface area contributed by atoms with Crippen LogP contribution in [0.4, 0.5) is 4.39 Å². The van der Waals surface area contributed by atoms with E-state index in [1.165, 1.54) is 33.5 Å². The van der Waals surface area contributed by atoms with Crippen LogP contribution in [-0.2, 0) is 0 Å². The molecule has 0 bridgehead atoms. The maximum absolute atomic E-state index is 12.9. The van der Waals surface area contributed by atoms with E-state index in [2.05, 4.69) is 15.9 Å². The van der Waals surface area contributed by atoms with Crippen molar-refractivity contribution in [2.75, 3.05) is 21.3 Å². The Morgan fingerprint density at radius 2 is 1.65 bits per heavy atom. The second-order valence-electron chi connectivity index (χ2n) is 3.08. The van der Waals surface area contributed by atoms with Crippen LogP contribution in [0.3, 0.4) is 0 Å². The molecule has 0 heterocycles. The average Bonchev–Trinajstić information content (AvgIpc) is 2.35. The third-order valence-electron chi connectivity index (χ3n) is 2.15. The first-order valence-electron chi connectivity index (χ1n) is 4.67. The maximum Gasteiger partial charge on any atom is 0.217 e. The Morgan fingerprint density at radius 1 is 1.18 bits per heavy atom. The van der Waals surface area contributed by atoms with Crippen LogP contribution in [-0.4, -0.2) is 32.2 Å². The lowest BCUT2D eigenvalue weighted by atomic mass is 10.1. The summed E-state index contributed by atoms with van der Waals surface area (Å²) in [5.74, 6) is 0.271. The Kier molecular flexibility index (Phi) is 4.74. The van der Waals surface area contributed by atoms with Gasteiger partial charge in [0.15, 0.2) is 11.5 Å². The van der Waals surface area contributed by atoms with Crippen molar-refractivity contribution in [1.29, 1.82) is 0 Å². The predicted octanol–water partition coefficient (Wildman–Crippen LogP) is 2.59. The fraction of sp³-hybridized carbons (Fsp3) is 0.364. The first-order valence-corrected chi connectivity index (χ1v) is 5.59. The summed E-state index contributed by atoms with van der Waals surface area (Å²) in [6.07, 6.45) is 0. The number of ether oxygens (including phenoxy) is 3. The van der Waals surface area contributed by atoms with Crippen molar-refractivity contribution in [1.82, 2.24) is 0 Å².